The lowest BCUT2D eigenvalue weighted by Crippen LogP contribution is -2.34. The maximum absolute atomic E-state index is 13.3. The normalized spacial score (nSPS) is 16.5. The van der Waals surface area contributed by atoms with E-state index in [1.807, 2.05) is 0 Å². The highest BCUT2D eigenvalue weighted by Gasteiger charge is 2.47. The maximum Gasteiger partial charge on any atom is 0.241 e. The molecule has 0 spiro atoms. The standard InChI is InChI=1S/C16H15F2NO2S/c1-11-10-14(6-7-15(11)18)22(20,21)19-16(8-9-16)12-2-4-13(17)5-3-12/h2-7,10,19H,8-9H2,1H3. The molecule has 22 heavy (non-hydrogen) atoms. The number of hydrogen-bond acceptors (Lipinski definition) is 2. The molecule has 2 aromatic carbocycles. The second-order valence-corrected chi connectivity index (χ2v) is 7.29. The zero-order valence-electron chi connectivity index (χ0n) is 11.9. The average Bonchev–Trinajstić information content (AvgIpc) is 3.22. The van der Waals surface area contributed by atoms with Crippen LogP contribution in [-0.2, 0) is 15.6 Å². The minimum absolute atomic E-state index is 0.0276. The summed E-state index contributed by atoms with van der Waals surface area (Å²) in [5.74, 6) is -0.810. The molecule has 0 aliphatic heterocycles. The first kappa shape index (κ1) is 15.1. The predicted octanol–water partition coefficient (Wildman–Crippen LogP) is 3.24. The third-order valence-electron chi connectivity index (χ3n) is 3.92. The molecule has 3 nitrogen and oxygen atoms in total. The van der Waals surface area contributed by atoms with Crippen molar-refractivity contribution in [2.45, 2.75) is 30.2 Å². The smallest absolute Gasteiger partial charge is 0.207 e. The van der Waals surface area contributed by atoms with E-state index in [4.69, 9.17) is 0 Å². The van der Waals surface area contributed by atoms with Crippen molar-refractivity contribution in [3.8, 4) is 0 Å². The highest BCUT2D eigenvalue weighted by Crippen LogP contribution is 2.46. The molecule has 0 radical (unpaired) electrons. The summed E-state index contributed by atoms with van der Waals surface area (Å²) in [5.41, 5.74) is 0.320. The van der Waals surface area contributed by atoms with E-state index in [0.717, 1.165) is 11.6 Å². The van der Waals surface area contributed by atoms with Crippen molar-refractivity contribution in [3.05, 3.63) is 65.2 Å². The van der Waals surface area contributed by atoms with Crippen LogP contribution in [0.2, 0.25) is 0 Å². The Morgan fingerprint density at radius 2 is 1.68 bits per heavy atom. The number of sulfonamides is 1. The van der Waals surface area contributed by atoms with Gasteiger partial charge in [-0.25, -0.2) is 21.9 Å². The van der Waals surface area contributed by atoms with Crippen molar-refractivity contribution < 1.29 is 17.2 Å². The van der Waals surface area contributed by atoms with Crippen LogP contribution < -0.4 is 4.72 Å². The van der Waals surface area contributed by atoms with Gasteiger partial charge in [0.2, 0.25) is 10.0 Å². The zero-order valence-corrected chi connectivity index (χ0v) is 12.8. The van der Waals surface area contributed by atoms with Gasteiger partial charge in [0.25, 0.3) is 0 Å². The molecule has 1 saturated carbocycles. The summed E-state index contributed by atoms with van der Waals surface area (Å²) in [5, 5.41) is 0. The van der Waals surface area contributed by atoms with Gasteiger partial charge in [0.15, 0.2) is 0 Å². The van der Waals surface area contributed by atoms with Crippen LogP contribution >= 0.6 is 0 Å². The van der Waals surface area contributed by atoms with Crippen LogP contribution in [0, 0.1) is 18.6 Å². The third kappa shape index (κ3) is 2.76. The molecule has 0 bridgehead atoms. The van der Waals surface area contributed by atoms with Crippen LogP contribution in [0.4, 0.5) is 8.78 Å². The topological polar surface area (TPSA) is 46.2 Å². The van der Waals surface area contributed by atoms with Crippen LogP contribution in [0.15, 0.2) is 47.4 Å². The van der Waals surface area contributed by atoms with Gasteiger partial charge in [0.1, 0.15) is 11.6 Å². The van der Waals surface area contributed by atoms with Crippen LogP contribution in [0.3, 0.4) is 0 Å². The molecule has 1 fully saturated rings. The molecule has 0 heterocycles. The second kappa shape index (κ2) is 5.14. The minimum Gasteiger partial charge on any atom is -0.207 e. The number of rotatable bonds is 4. The lowest BCUT2D eigenvalue weighted by molar-refractivity contribution is 0.550. The van der Waals surface area contributed by atoms with Crippen LogP contribution in [0.5, 0.6) is 0 Å². The Labute approximate surface area is 128 Å². The number of hydrogen-bond donors (Lipinski definition) is 1. The van der Waals surface area contributed by atoms with Crippen LogP contribution in [-0.4, -0.2) is 8.42 Å². The van der Waals surface area contributed by atoms with Crippen molar-refractivity contribution in [2.75, 3.05) is 0 Å². The minimum atomic E-state index is -3.76. The molecule has 0 amide bonds. The molecule has 116 valence electrons. The average molecular weight is 323 g/mol. The summed E-state index contributed by atoms with van der Waals surface area (Å²) in [4.78, 5) is 0.0276. The van der Waals surface area contributed by atoms with Gasteiger partial charge in [-0.1, -0.05) is 12.1 Å². The number of benzene rings is 2. The summed E-state index contributed by atoms with van der Waals surface area (Å²) in [6, 6.07) is 9.48. The van der Waals surface area contributed by atoms with Crippen molar-refractivity contribution in [3.63, 3.8) is 0 Å². The maximum atomic E-state index is 13.3. The van der Waals surface area contributed by atoms with Gasteiger partial charge in [-0.2, -0.15) is 0 Å². The molecule has 0 saturated heterocycles. The molecule has 1 N–H and O–H groups in total. The Kier molecular flexibility index (Phi) is 3.53. The fraction of sp³-hybridized carbons (Fsp3) is 0.250. The van der Waals surface area contributed by atoms with Gasteiger partial charge in [-0.15, -0.1) is 0 Å². The summed E-state index contributed by atoms with van der Waals surface area (Å²) in [6.45, 7) is 1.52. The van der Waals surface area contributed by atoms with E-state index in [1.165, 1.54) is 31.2 Å². The Balaban J connectivity index is 1.91. The molecular weight excluding hydrogens is 308 g/mol. The second-order valence-electron chi connectivity index (χ2n) is 5.61. The van der Waals surface area contributed by atoms with Gasteiger partial charge < -0.3 is 0 Å². The first-order valence-corrected chi connectivity index (χ1v) is 8.37. The summed E-state index contributed by atoms with van der Waals surface area (Å²) >= 11 is 0. The predicted molar refractivity (Wildman–Crippen MR) is 78.8 cm³/mol. The van der Waals surface area contributed by atoms with Crippen LogP contribution in [0.25, 0.3) is 0 Å². The summed E-state index contributed by atoms with van der Waals surface area (Å²) < 4.78 is 53.9. The molecule has 6 heteroatoms. The Hall–Kier alpha value is -1.79. The first-order chi connectivity index (χ1) is 10.3. The van der Waals surface area contributed by atoms with Gasteiger partial charge in [-0.05, 0) is 61.2 Å². The van der Waals surface area contributed by atoms with Crippen LogP contribution in [0.1, 0.15) is 24.0 Å². The quantitative estimate of drug-likeness (QED) is 0.939. The molecule has 3 rings (SSSR count). The molecule has 1 aliphatic rings. The Bertz CT molecular complexity index is 813. The van der Waals surface area contributed by atoms with E-state index in [2.05, 4.69) is 4.72 Å². The molecule has 1 aliphatic carbocycles. The van der Waals surface area contributed by atoms with E-state index in [9.17, 15) is 17.2 Å². The van der Waals surface area contributed by atoms with E-state index in [0.29, 0.717) is 12.8 Å². The van der Waals surface area contributed by atoms with Crippen molar-refractivity contribution in [1.82, 2.24) is 4.72 Å². The van der Waals surface area contributed by atoms with Gasteiger partial charge in [0, 0.05) is 0 Å². The molecule has 2 aromatic rings. The number of halogens is 2. The monoisotopic (exact) mass is 323 g/mol. The number of nitrogens with one attached hydrogen (secondary N) is 1. The van der Waals surface area contributed by atoms with Crippen molar-refractivity contribution >= 4 is 10.0 Å². The van der Waals surface area contributed by atoms with E-state index in [1.54, 1.807) is 12.1 Å². The van der Waals surface area contributed by atoms with Gasteiger partial charge in [0.05, 0.1) is 10.4 Å². The largest absolute Gasteiger partial charge is 0.241 e. The van der Waals surface area contributed by atoms with Crippen molar-refractivity contribution in [1.29, 1.82) is 0 Å². The molecule has 0 aromatic heterocycles. The fourth-order valence-electron chi connectivity index (χ4n) is 2.44. The van der Waals surface area contributed by atoms with E-state index >= 15 is 0 Å². The van der Waals surface area contributed by atoms with E-state index in [-0.39, 0.29) is 16.3 Å². The zero-order chi connectivity index (χ0) is 16.0. The van der Waals surface area contributed by atoms with Gasteiger partial charge in [-0.3, -0.25) is 0 Å². The van der Waals surface area contributed by atoms with E-state index < -0.39 is 21.4 Å². The Morgan fingerprint density at radius 3 is 2.23 bits per heavy atom. The molecule has 0 unspecified atom stereocenters. The third-order valence-corrected chi connectivity index (χ3v) is 5.45. The first-order valence-electron chi connectivity index (χ1n) is 6.89. The lowest BCUT2D eigenvalue weighted by atomic mass is 10.1. The van der Waals surface area contributed by atoms with Gasteiger partial charge >= 0.3 is 0 Å². The SMILES string of the molecule is Cc1cc(S(=O)(=O)NC2(c3ccc(F)cc3)CC2)ccc1F. The molecule has 0 atom stereocenters. The highest BCUT2D eigenvalue weighted by atomic mass is 32.2. The molecular formula is C16H15F2NO2S. The highest BCUT2D eigenvalue weighted by molar-refractivity contribution is 7.89. The number of aryl methyl sites for hydroxylation is 1. The van der Waals surface area contributed by atoms with Crippen molar-refractivity contribution in [2.24, 2.45) is 0 Å². The summed E-state index contributed by atoms with van der Waals surface area (Å²) in [7, 11) is -3.76. The summed E-state index contributed by atoms with van der Waals surface area (Å²) in [6.07, 6.45) is 1.30. The fourth-order valence-corrected chi connectivity index (χ4v) is 3.98. The Morgan fingerprint density at radius 1 is 1.05 bits per heavy atom. The lowest BCUT2D eigenvalue weighted by Gasteiger charge is -2.18.